The van der Waals surface area contributed by atoms with Crippen LogP contribution in [-0.2, 0) is 9.59 Å². The number of ether oxygens (including phenoxy) is 2. The number of carbonyl (C=O) groups excluding carboxylic acids is 3. The number of esters is 1. The Hall–Kier alpha value is -4.46. The predicted octanol–water partition coefficient (Wildman–Crippen LogP) is 4.01. The van der Waals surface area contributed by atoms with Gasteiger partial charge < -0.3 is 14.8 Å². The lowest BCUT2D eigenvalue weighted by Gasteiger charge is -2.11. The highest BCUT2D eigenvalue weighted by Gasteiger charge is 2.16. The predicted molar refractivity (Wildman–Crippen MR) is 129 cm³/mol. The maximum atomic E-state index is 12.5. The molecule has 3 aromatic rings. The Kier molecular flexibility index (Phi) is 7.76. The quantitative estimate of drug-likeness (QED) is 0.190. The lowest BCUT2D eigenvalue weighted by atomic mass is 10.1. The number of nitrogens with zero attached hydrogens (tertiary/aromatic N) is 1. The third-order valence-electron chi connectivity index (χ3n) is 4.97. The fourth-order valence-corrected chi connectivity index (χ4v) is 3.12. The Bertz CT molecular complexity index is 1250. The van der Waals surface area contributed by atoms with Gasteiger partial charge in [0.05, 0.1) is 18.4 Å². The van der Waals surface area contributed by atoms with Crippen molar-refractivity contribution >= 4 is 29.2 Å². The number of methoxy groups -OCH3 is 1. The normalized spacial score (nSPS) is 10.9. The minimum Gasteiger partial charge on any atom is -0.497 e. The minimum absolute atomic E-state index is 0.263. The zero-order valence-electron chi connectivity index (χ0n) is 19.3. The maximum Gasteiger partial charge on any atom is 0.343 e. The van der Waals surface area contributed by atoms with Gasteiger partial charge in [-0.3, -0.25) is 9.59 Å². The van der Waals surface area contributed by atoms with Gasteiger partial charge in [-0.25, -0.2) is 10.2 Å². The van der Waals surface area contributed by atoms with Gasteiger partial charge in [0.25, 0.3) is 0 Å². The first kappa shape index (κ1) is 24.2. The van der Waals surface area contributed by atoms with Gasteiger partial charge in [-0.05, 0) is 68.8 Å². The van der Waals surface area contributed by atoms with E-state index in [4.69, 9.17) is 9.47 Å². The van der Waals surface area contributed by atoms with Crippen LogP contribution in [0.5, 0.6) is 11.5 Å². The summed E-state index contributed by atoms with van der Waals surface area (Å²) >= 11 is 0. The van der Waals surface area contributed by atoms with Crippen LogP contribution in [0.1, 0.15) is 34.0 Å². The Labute approximate surface area is 197 Å². The number of anilines is 1. The number of benzene rings is 3. The molecule has 0 aliphatic rings. The molecular weight excluding hydrogens is 434 g/mol. The van der Waals surface area contributed by atoms with Gasteiger partial charge in [-0.1, -0.05) is 29.8 Å². The molecule has 0 radical (unpaired) electrons. The summed E-state index contributed by atoms with van der Waals surface area (Å²) < 4.78 is 10.6. The topological polar surface area (TPSA) is 106 Å². The summed E-state index contributed by atoms with van der Waals surface area (Å²) in [6, 6.07) is 18.8. The Morgan fingerprint density at radius 1 is 0.882 bits per heavy atom. The molecule has 3 rings (SSSR count). The Balaban J connectivity index is 1.68. The Morgan fingerprint density at radius 3 is 2.26 bits per heavy atom. The summed E-state index contributed by atoms with van der Waals surface area (Å²) in [4.78, 5) is 37.0. The zero-order chi connectivity index (χ0) is 24.7. The van der Waals surface area contributed by atoms with Crippen molar-refractivity contribution in [1.82, 2.24) is 5.43 Å². The molecule has 0 heterocycles. The molecule has 0 atom stereocenters. The molecule has 0 bridgehead atoms. The molecule has 0 spiro atoms. The van der Waals surface area contributed by atoms with Crippen LogP contribution in [0.25, 0.3) is 0 Å². The first-order chi connectivity index (χ1) is 16.3. The largest absolute Gasteiger partial charge is 0.497 e. The second-order valence-electron chi connectivity index (χ2n) is 7.52. The van der Waals surface area contributed by atoms with Crippen molar-refractivity contribution in [2.24, 2.45) is 5.10 Å². The molecule has 3 aromatic carbocycles. The van der Waals surface area contributed by atoms with Crippen molar-refractivity contribution in [1.29, 1.82) is 0 Å². The van der Waals surface area contributed by atoms with Crippen LogP contribution in [0.3, 0.4) is 0 Å². The van der Waals surface area contributed by atoms with Gasteiger partial charge in [-0.15, -0.1) is 0 Å². The van der Waals surface area contributed by atoms with E-state index in [9.17, 15) is 14.4 Å². The van der Waals surface area contributed by atoms with E-state index in [-0.39, 0.29) is 5.75 Å². The minimum atomic E-state index is -0.924. The summed E-state index contributed by atoms with van der Waals surface area (Å²) in [5.74, 6) is -1.44. The smallest absolute Gasteiger partial charge is 0.343 e. The molecule has 8 heteroatoms. The van der Waals surface area contributed by atoms with Crippen LogP contribution in [0.15, 0.2) is 71.8 Å². The number of hydrogen-bond donors (Lipinski definition) is 2. The number of rotatable bonds is 6. The van der Waals surface area contributed by atoms with Crippen LogP contribution in [0.4, 0.5) is 5.69 Å². The fraction of sp³-hybridized carbons (Fsp3) is 0.154. The second kappa shape index (κ2) is 10.9. The molecule has 0 aliphatic carbocycles. The highest BCUT2D eigenvalue weighted by atomic mass is 16.5. The standard InChI is InChI=1S/C26H25N3O5/c1-16-9-14-22(17(2)15-16)27-24(30)25(31)29-28-18(3)21-7-5-6-8-23(21)34-26(32)19-10-12-20(33-4)13-11-19/h5-15H,1-4H3,(H,27,30)(H,29,31)/b28-18+. The number of hydrazone groups is 1. The molecule has 0 aliphatic heterocycles. The molecule has 0 fully saturated rings. The van der Waals surface area contributed by atoms with Crippen molar-refractivity contribution in [3.8, 4) is 11.5 Å². The van der Waals surface area contributed by atoms with Gasteiger partial charge in [0.15, 0.2) is 0 Å². The number of carbonyl (C=O) groups is 3. The molecular formula is C26H25N3O5. The van der Waals surface area contributed by atoms with Gasteiger partial charge in [-0.2, -0.15) is 5.10 Å². The summed E-state index contributed by atoms with van der Waals surface area (Å²) in [5, 5.41) is 6.57. The lowest BCUT2D eigenvalue weighted by molar-refractivity contribution is -0.136. The number of hydrogen-bond acceptors (Lipinski definition) is 6. The van der Waals surface area contributed by atoms with Crippen LogP contribution in [0.2, 0.25) is 0 Å². The van der Waals surface area contributed by atoms with E-state index in [0.717, 1.165) is 11.1 Å². The van der Waals surface area contributed by atoms with Gasteiger partial charge in [0.2, 0.25) is 0 Å². The van der Waals surface area contributed by atoms with Gasteiger partial charge in [0.1, 0.15) is 11.5 Å². The number of para-hydroxylation sites is 1. The fourth-order valence-electron chi connectivity index (χ4n) is 3.12. The highest BCUT2D eigenvalue weighted by Crippen LogP contribution is 2.21. The van der Waals surface area contributed by atoms with E-state index in [1.165, 1.54) is 7.11 Å². The molecule has 0 saturated heterocycles. The summed E-state index contributed by atoms with van der Waals surface area (Å²) in [6.07, 6.45) is 0. The molecule has 0 unspecified atom stereocenters. The van der Waals surface area contributed by atoms with Crippen LogP contribution in [-0.4, -0.2) is 30.6 Å². The molecule has 2 N–H and O–H groups in total. The van der Waals surface area contributed by atoms with E-state index in [1.54, 1.807) is 61.5 Å². The monoisotopic (exact) mass is 459 g/mol. The lowest BCUT2D eigenvalue weighted by Crippen LogP contribution is -2.33. The number of amides is 2. The third-order valence-corrected chi connectivity index (χ3v) is 4.97. The average Bonchev–Trinajstić information content (AvgIpc) is 2.84. The van der Waals surface area contributed by atoms with Crippen molar-refractivity contribution in [2.75, 3.05) is 12.4 Å². The van der Waals surface area contributed by atoms with Crippen molar-refractivity contribution in [3.63, 3.8) is 0 Å². The van der Waals surface area contributed by atoms with Crippen LogP contribution < -0.4 is 20.2 Å². The molecule has 34 heavy (non-hydrogen) atoms. The highest BCUT2D eigenvalue weighted by molar-refractivity contribution is 6.39. The van der Waals surface area contributed by atoms with E-state index >= 15 is 0 Å². The van der Waals surface area contributed by atoms with Crippen molar-refractivity contribution in [2.45, 2.75) is 20.8 Å². The van der Waals surface area contributed by atoms with Crippen molar-refractivity contribution in [3.05, 3.63) is 89.0 Å². The molecule has 174 valence electrons. The molecule has 2 amide bonds. The first-order valence-electron chi connectivity index (χ1n) is 10.5. The summed E-state index contributed by atoms with van der Waals surface area (Å²) in [7, 11) is 1.54. The number of nitrogens with one attached hydrogen (secondary N) is 2. The van der Waals surface area contributed by atoms with Gasteiger partial charge in [0, 0.05) is 11.3 Å². The maximum absolute atomic E-state index is 12.5. The van der Waals surface area contributed by atoms with Gasteiger partial charge >= 0.3 is 17.8 Å². The molecule has 0 saturated carbocycles. The number of aryl methyl sites for hydroxylation is 2. The van der Waals surface area contributed by atoms with E-state index in [1.807, 2.05) is 26.0 Å². The van der Waals surface area contributed by atoms with E-state index in [2.05, 4.69) is 15.8 Å². The SMILES string of the molecule is COc1ccc(C(=O)Oc2ccccc2/C(C)=N/NC(=O)C(=O)Nc2ccc(C)cc2C)cc1. The molecule has 0 aromatic heterocycles. The first-order valence-corrected chi connectivity index (χ1v) is 10.5. The zero-order valence-corrected chi connectivity index (χ0v) is 19.3. The van der Waals surface area contributed by atoms with E-state index in [0.29, 0.717) is 28.3 Å². The second-order valence-corrected chi connectivity index (χ2v) is 7.52. The summed E-state index contributed by atoms with van der Waals surface area (Å²) in [5.41, 5.74) is 5.86. The van der Waals surface area contributed by atoms with E-state index < -0.39 is 17.8 Å². The van der Waals surface area contributed by atoms with Crippen LogP contribution in [0, 0.1) is 13.8 Å². The molecule has 8 nitrogen and oxygen atoms in total. The summed E-state index contributed by atoms with van der Waals surface area (Å²) in [6.45, 7) is 5.41. The Morgan fingerprint density at radius 2 is 1.59 bits per heavy atom. The van der Waals surface area contributed by atoms with Crippen LogP contribution >= 0.6 is 0 Å². The third kappa shape index (κ3) is 6.07. The average molecular weight is 460 g/mol. The van der Waals surface area contributed by atoms with Crippen molar-refractivity contribution < 1.29 is 23.9 Å².